The molecule has 1 aliphatic heterocycles. The van der Waals surface area contributed by atoms with E-state index in [1.165, 1.54) is 6.26 Å². The number of rotatable bonds is 5. The van der Waals surface area contributed by atoms with Gasteiger partial charge in [0.15, 0.2) is 0 Å². The topological polar surface area (TPSA) is 75.0 Å². The number of methoxy groups -OCH3 is 1. The number of aryl methyl sites for hydroxylation is 1. The van der Waals surface area contributed by atoms with Crippen molar-refractivity contribution in [1.82, 2.24) is 9.80 Å². The van der Waals surface area contributed by atoms with Gasteiger partial charge in [-0.3, -0.25) is 9.59 Å². The summed E-state index contributed by atoms with van der Waals surface area (Å²) in [6, 6.07) is 9.20. The van der Waals surface area contributed by atoms with Crippen LogP contribution in [-0.2, 0) is 4.74 Å². The standard InChI is InChI=1S/C24H31N3O4/c1-15-18(9-10-31-15)23(28)25-20-8-6-5-7-19(20)24(29)27-13-16-11-21(26(2)3)22(30-4)12-17(16)14-27/h5-10,16-17,21-22H,11-14H2,1-4H3,(H,25,28)/t16-,17+,21-,22-/m1/s1. The van der Waals surface area contributed by atoms with E-state index in [1.54, 1.807) is 32.2 Å². The normalized spacial score (nSPS) is 25.5. The van der Waals surface area contributed by atoms with Crippen molar-refractivity contribution in [2.45, 2.75) is 31.9 Å². The van der Waals surface area contributed by atoms with E-state index in [0.29, 0.717) is 40.5 Å². The number of fused-ring (bicyclic) bond motifs is 1. The highest BCUT2D eigenvalue weighted by Crippen LogP contribution is 2.39. The van der Waals surface area contributed by atoms with Gasteiger partial charge in [-0.1, -0.05) is 12.1 Å². The summed E-state index contributed by atoms with van der Waals surface area (Å²) in [4.78, 5) is 30.3. The lowest BCUT2D eigenvalue weighted by atomic mass is 9.77. The Kier molecular flexibility index (Phi) is 6.16. The number of likely N-dealkylation sites (N-methyl/N-ethyl adjacent to an activating group) is 1. The average Bonchev–Trinajstić information content (AvgIpc) is 3.38. The number of anilines is 1. The van der Waals surface area contributed by atoms with Gasteiger partial charge in [-0.15, -0.1) is 0 Å². The first-order valence-electron chi connectivity index (χ1n) is 10.8. The molecule has 0 bridgehead atoms. The number of nitrogens with one attached hydrogen (secondary N) is 1. The molecule has 1 saturated carbocycles. The van der Waals surface area contributed by atoms with Crippen molar-refractivity contribution in [1.29, 1.82) is 0 Å². The number of para-hydroxylation sites is 1. The van der Waals surface area contributed by atoms with E-state index in [0.717, 1.165) is 25.9 Å². The van der Waals surface area contributed by atoms with Crippen LogP contribution in [0.1, 0.15) is 39.3 Å². The van der Waals surface area contributed by atoms with Crippen LogP contribution in [0.25, 0.3) is 0 Å². The van der Waals surface area contributed by atoms with E-state index >= 15 is 0 Å². The number of carbonyl (C=O) groups excluding carboxylic acids is 2. The zero-order chi connectivity index (χ0) is 22.1. The summed E-state index contributed by atoms with van der Waals surface area (Å²) in [5, 5.41) is 2.89. The van der Waals surface area contributed by atoms with Gasteiger partial charge in [0, 0.05) is 26.2 Å². The van der Waals surface area contributed by atoms with Gasteiger partial charge in [-0.05, 0) is 63.9 Å². The molecular formula is C24H31N3O4. The molecule has 4 rings (SSSR count). The third kappa shape index (κ3) is 4.25. The number of hydrogen-bond acceptors (Lipinski definition) is 5. The predicted molar refractivity (Wildman–Crippen MR) is 118 cm³/mol. The molecule has 2 heterocycles. The quantitative estimate of drug-likeness (QED) is 0.796. The highest BCUT2D eigenvalue weighted by Gasteiger charge is 2.44. The Morgan fingerprint density at radius 2 is 1.81 bits per heavy atom. The first-order valence-corrected chi connectivity index (χ1v) is 10.8. The van der Waals surface area contributed by atoms with Crippen LogP contribution in [0, 0.1) is 18.8 Å². The van der Waals surface area contributed by atoms with Gasteiger partial charge in [0.1, 0.15) is 5.76 Å². The molecule has 1 saturated heterocycles. The lowest BCUT2D eigenvalue weighted by Gasteiger charge is -2.40. The van der Waals surface area contributed by atoms with Crippen molar-refractivity contribution in [3.63, 3.8) is 0 Å². The molecule has 7 nitrogen and oxygen atoms in total. The summed E-state index contributed by atoms with van der Waals surface area (Å²) in [5.74, 6) is 1.15. The minimum atomic E-state index is -0.279. The number of hydrogen-bond donors (Lipinski definition) is 1. The highest BCUT2D eigenvalue weighted by atomic mass is 16.5. The highest BCUT2D eigenvalue weighted by molar-refractivity contribution is 6.09. The molecule has 1 aromatic carbocycles. The third-order valence-electron chi connectivity index (χ3n) is 6.85. The second-order valence-corrected chi connectivity index (χ2v) is 8.90. The van der Waals surface area contributed by atoms with Crippen LogP contribution in [0.15, 0.2) is 41.0 Å². The van der Waals surface area contributed by atoms with E-state index in [4.69, 9.17) is 9.15 Å². The van der Waals surface area contributed by atoms with E-state index < -0.39 is 0 Å². The molecule has 7 heteroatoms. The second kappa shape index (κ2) is 8.85. The Morgan fingerprint density at radius 1 is 1.10 bits per heavy atom. The molecule has 2 aliphatic rings. The number of likely N-dealkylation sites (tertiary alicyclic amines) is 1. The van der Waals surface area contributed by atoms with Gasteiger partial charge in [0.05, 0.1) is 29.2 Å². The number of carbonyl (C=O) groups is 2. The summed E-state index contributed by atoms with van der Waals surface area (Å²) >= 11 is 0. The summed E-state index contributed by atoms with van der Waals surface area (Å²) in [6.07, 6.45) is 3.67. The van der Waals surface area contributed by atoms with Crippen molar-refractivity contribution in [2.24, 2.45) is 11.8 Å². The van der Waals surface area contributed by atoms with Gasteiger partial charge in [-0.2, -0.15) is 0 Å². The van der Waals surface area contributed by atoms with Crippen LogP contribution in [0.2, 0.25) is 0 Å². The molecule has 4 atom stereocenters. The van der Waals surface area contributed by atoms with Crippen molar-refractivity contribution in [3.05, 3.63) is 53.5 Å². The van der Waals surface area contributed by atoms with E-state index in [2.05, 4.69) is 24.3 Å². The van der Waals surface area contributed by atoms with Gasteiger partial charge in [0.2, 0.25) is 0 Å². The molecular weight excluding hydrogens is 394 g/mol. The Morgan fingerprint density at radius 3 is 2.45 bits per heavy atom. The van der Waals surface area contributed by atoms with E-state index in [9.17, 15) is 9.59 Å². The lowest BCUT2D eigenvalue weighted by Crippen LogP contribution is -2.47. The zero-order valence-corrected chi connectivity index (χ0v) is 18.6. The van der Waals surface area contributed by atoms with Crippen LogP contribution in [0.3, 0.4) is 0 Å². The molecule has 31 heavy (non-hydrogen) atoms. The molecule has 1 aromatic heterocycles. The van der Waals surface area contributed by atoms with Gasteiger partial charge < -0.3 is 24.3 Å². The summed E-state index contributed by atoms with van der Waals surface area (Å²) in [7, 11) is 5.96. The fraction of sp³-hybridized carbons (Fsp3) is 0.500. The fourth-order valence-electron chi connectivity index (χ4n) is 5.11. The first kappa shape index (κ1) is 21.6. The number of ether oxygens (including phenoxy) is 1. The van der Waals surface area contributed by atoms with Crippen molar-refractivity contribution in [2.75, 3.05) is 39.6 Å². The first-order chi connectivity index (χ1) is 14.9. The Hall–Kier alpha value is -2.64. The van der Waals surface area contributed by atoms with Crippen molar-refractivity contribution < 1.29 is 18.7 Å². The molecule has 2 fully saturated rings. The van der Waals surface area contributed by atoms with Crippen molar-refractivity contribution >= 4 is 17.5 Å². The van der Waals surface area contributed by atoms with E-state index in [1.807, 2.05) is 17.0 Å². The van der Waals surface area contributed by atoms with Crippen LogP contribution in [0.4, 0.5) is 5.69 Å². The maximum Gasteiger partial charge on any atom is 0.259 e. The van der Waals surface area contributed by atoms with Gasteiger partial charge in [-0.25, -0.2) is 0 Å². The number of benzene rings is 1. The average molecular weight is 426 g/mol. The Labute approximate surface area is 183 Å². The molecule has 166 valence electrons. The fourth-order valence-corrected chi connectivity index (χ4v) is 5.11. The smallest absolute Gasteiger partial charge is 0.259 e. The third-order valence-corrected chi connectivity index (χ3v) is 6.85. The molecule has 0 radical (unpaired) electrons. The zero-order valence-electron chi connectivity index (χ0n) is 18.6. The largest absolute Gasteiger partial charge is 0.469 e. The van der Waals surface area contributed by atoms with Gasteiger partial charge >= 0.3 is 0 Å². The lowest BCUT2D eigenvalue weighted by molar-refractivity contribution is -0.0209. The summed E-state index contributed by atoms with van der Waals surface area (Å²) in [5.41, 5.74) is 1.51. The van der Waals surface area contributed by atoms with E-state index in [-0.39, 0.29) is 17.9 Å². The molecule has 0 spiro atoms. The molecule has 1 aliphatic carbocycles. The Balaban J connectivity index is 1.50. The van der Waals surface area contributed by atoms with Crippen LogP contribution >= 0.6 is 0 Å². The van der Waals surface area contributed by atoms with Crippen LogP contribution in [0.5, 0.6) is 0 Å². The monoisotopic (exact) mass is 425 g/mol. The number of furan rings is 1. The summed E-state index contributed by atoms with van der Waals surface area (Å²) in [6.45, 7) is 3.21. The molecule has 1 N–H and O–H groups in total. The SMILES string of the molecule is CO[C@@H]1C[C@H]2CN(C(=O)c3ccccc3NC(=O)c3ccoc3C)C[C@H]2C[C@H]1N(C)C. The second-order valence-electron chi connectivity index (χ2n) is 8.90. The van der Waals surface area contributed by atoms with Gasteiger partial charge in [0.25, 0.3) is 11.8 Å². The molecule has 2 aromatic rings. The Bertz CT molecular complexity index is 954. The van der Waals surface area contributed by atoms with Crippen molar-refractivity contribution in [3.8, 4) is 0 Å². The van der Waals surface area contributed by atoms with Crippen LogP contribution in [-0.4, -0.2) is 68.1 Å². The predicted octanol–water partition coefficient (Wildman–Crippen LogP) is 3.27. The minimum absolute atomic E-state index is 0.0374. The molecule has 0 unspecified atom stereocenters. The summed E-state index contributed by atoms with van der Waals surface area (Å²) < 4.78 is 11.0. The maximum absolute atomic E-state index is 13.4. The number of nitrogens with zero attached hydrogens (tertiary/aromatic N) is 2. The number of amides is 2. The van der Waals surface area contributed by atoms with Crippen LogP contribution < -0.4 is 5.32 Å². The minimum Gasteiger partial charge on any atom is -0.469 e. The maximum atomic E-state index is 13.4. The molecule has 2 amide bonds.